The van der Waals surface area contributed by atoms with E-state index in [1.165, 1.54) is 29.5 Å². The van der Waals surface area contributed by atoms with Crippen molar-refractivity contribution in [1.82, 2.24) is 10.3 Å². The van der Waals surface area contributed by atoms with Crippen LogP contribution in [0, 0.1) is 0 Å². The lowest BCUT2D eigenvalue weighted by Crippen LogP contribution is -2.32. The Labute approximate surface area is 123 Å². The topological polar surface area (TPSA) is 108 Å². The van der Waals surface area contributed by atoms with Crippen molar-refractivity contribution in [2.75, 3.05) is 11.9 Å². The van der Waals surface area contributed by atoms with E-state index in [-0.39, 0.29) is 24.0 Å². The highest BCUT2D eigenvalue weighted by molar-refractivity contribution is 7.12. The maximum atomic E-state index is 11.7. The first kappa shape index (κ1) is 14.7. The second-order valence-electron chi connectivity index (χ2n) is 3.92. The molecule has 108 valence electrons. The molecular formula is C13H11N3O4S. The molecule has 2 aromatic rings. The quantitative estimate of drug-likeness (QED) is 0.769. The summed E-state index contributed by atoms with van der Waals surface area (Å²) >= 11 is 1.27. The Morgan fingerprint density at radius 3 is 2.67 bits per heavy atom. The van der Waals surface area contributed by atoms with Crippen molar-refractivity contribution in [3.63, 3.8) is 0 Å². The molecule has 0 aliphatic carbocycles. The van der Waals surface area contributed by atoms with Crippen LogP contribution in [-0.4, -0.2) is 34.4 Å². The van der Waals surface area contributed by atoms with Crippen LogP contribution in [0.25, 0.3) is 0 Å². The fourth-order valence-corrected chi connectivity index (χ4v) is 2.11. The minimum Gasteiger partial charge on any atom is -0.477 e. The van der Waals surface area contributed by atoms with Gasteiger partial charge in [-0.05, 0) is 23.6 Å². The Morgan fingerprint density at radius 1 is 1.19 bits per heavy atom. The summed E-state index contributed by atoms with van der Waals surface area (Å²) in [7, 11) is 0. The van der Waals surface area contributed by atoms with Crippen LogP contribution >= 0.6 is 11.3 Å². The van der Waals surface area contributed by atoms with E-state index in [4.69, 9.17) is 5.11 Å². The summed E-state index contributed by atoms with van der Waals surface area (Å²) in [4.78, 5) is 38.3. The van der Waals surface area contributed by atoms with Crippen LogP contribution < -0.4 is 10.6 Å². The van der Waals surface area contributed by atoms with Gasteiger partial charge >= 0.3 is 5.97 Å². The molecule has 0 saturated heterocycles. The first-order valence-corrected chi connectivity index (χ1v) is 6.76. The number of amides is 2. The molecule has 0 saturated carbocycles. The Hall–Kier alpha value is -2.74. The number of nitrogens with one attached hydrogen (secondary N) is 2. The predicted molar refractivity (Wildman–Crippen MR) is 76.5 cm³/mol. The number of aromatic carboxylic acids is 1. The third kappa shape index (κ3) is 4.11. The second-order valence-corrected chi connectivity index (χ2v) is 4.87. The Balaban J connectivity index is 1.89. The number of carbonyl (C=O) groups is 3. The van der Waals surface area contributed by atoms with Crippen LogP contribution in [0.2, 0.25) is 0 Å². The summed E-state index contributed by atoms with van der Waals surface area (Å²) in [6.45, 7) is -0.226. The van der Waals surface area contributed by atoms with Gasteiger partial charge < -0.3 is 15.7 Å². The van der Waals surface area contributed by atoms with E-state index < -0.39 is 11.9 Å². The lowest BCUT2D eigenvalue weighted by molar-refractivity contribution is -0.115. The van der Waals surface area contributed by atoms with Crippen LogP contribution in [0.4, 0.5) is 5.82 Å². The van der Waals surface area contributed by atoms with Gasteiger partial charge in [0.2, 0.25) is 5.91 Å². The van der Waals surface area contributed by atoms with E-state index in [0.29, 0.717) is 4.88 Å². The predicted octanol–water partition coefficient (Wildman–Crippen LogP) is 1.21. The number of carboxylic acid groups (broad SMARTS) is 1. The van der Waals surface area contributed by atoms with Gasteiger partial charge in [-0.1, -0.05) is 12.1 Å². The van der Waals surface area contributed by atoms with Crippen molar-refractivity contribution in [2.24, 2.45) is 0 Å². The smallest absolute Gasteiger partial charge is 0.354 e. The Kier molecular flexibility index (Phi) is 4.62. The van der Waals surface area contributed by atoms with Crippen molar-refractivity contribution in [2.45, 2.75) is 0 Å². The lowest BCUT2D eigenvalue weighted by atomic mass is 10.3. The first-order chi connectivity index (χ1) is 10.1. The molecule has 0 bridgehead atoms. The average Bonchev–Trinajstić information content (AvgIpc) is 2.99. The summed E-state index contributed by atoms with van der Waals surface area (Å²) in [5.74, 6) is -1.90. The van der Waals surface area contributed by atoms with Crippen LogP contribution in [-0.2, 0) is 4.79 Å². The highest BCUT2D eigenvalue weighted by atomic mass is 32.1. The average molecular weight is 305 g/mol. The monoisotopic (exact) mass is 305 g/mol. The van der Waals surface area contributed by atoms with Crippen LogP contribution in [0.5, 0.6) is 0 Å². The number of hydrogen-bond acceptors (Lipinski definition) is 5. The molecule has 0 aromatic carbocycles. The molecule has 0 spiro atoms. The van der Waals surface area contributed by atoms with Crippen molar-refractivity contribution in [3.05, 3.63) is 46.3 Å². The second kappa shape index (κ2) is 6.62. The van der Waals surface area contributed by atoms with Gasteiger partial charge in [0.25, 0.3) is 5.91 Å². The number of nitrogens with zero attached hydrogens (tertiary/aromatic N) is 1. The van der Waals surface area contributed by atoms with E-state index in [9.17, 15) is 14.4 Å². The number of thiophene rings is 1. The van der Waals surface area contributed by atoms with E-state index in [0.717, 1.165) is 0 Å². The standard InChI is InChI=1S/C13H11N3O4S/c17-11(7-14-12(18)9-4-2-6-21-9)16-10-5-1-3-8(15-10)13(19)20/h1-6H,7H2,(H,14,18)(H,19,20)(H,15,16,17). The van der Waals surface area contributed by atoms with Gasteiger partial charge in [0.1, 0.15) is 5.82 Å². The summed E-state index contributed by atoms with van der Waals surface area (Å²) in [6.07, 6.45) is 0. The number of rotatable bonds is 5. The zero-order valence-corrected chi connectivity index (χ0v) is 11.5. The van der Waals surface area contributed by atoms with Crippen LogP contribution in [0.1, 0.15) is 20.2 Å². The number of anilines is 1. The first-order valence-electron chi connectivity index (χ1n) is 5.88. The minimum absolute atomic E-state index is 0.116. The molecule has 21 heavy (non-hydrogen) atoms. The molecular weight excluding hydrogens is 294 g/mol. The largest absolute Gasteiger partial charge is 0.477 e. The van der Waals surface area contributed by atoms with Crippen molar-refractivity contribution in [1.29, 1.82) is 0 Å². The normalized spacial score (nSPS) is 9.90. The maximum Gasteiger partial charge on any atom is 0.354 e. The molecule has 2 aromatic heterocycles. The minimum atomic E-state index is -1.18. The van der Waals surface area contributed by atoms with Crippen molar-refractivity contribution >= 4 is 34.9 Å². The van der Waals surface area contributed by atoms with Gasteiger partial charge in [0.05, 0.1) is 11.4 Å². The highest BCUT2D eigenvalue weighted by Gasteiger charge is 2.10. The van der Waals surface area contributed by atoms with E-state index in [1.807, 2.05) is 0 Å². The molecule has 2 rings (SSSR count). The zero-order valence-electron chi connectivity index (χ0n) is 10.7. The van der Waals surface area contributed by atoms with Gasteiger partial charge in [-0.2, -0.15) is 0 Å². The number of carbonyl (C=O) groups excluding carboxylic acids is 2. The number of carboxylic acids is 1. The highest BCUT2D eigenvalue weighted by Crippen LogP contribution is 2.08. The third-order valence-electron chi connectivity index (χ3n) is 2.39. The van der Waals surface area contributed by atoms with E-state index >= 15 is 0 Å². The summed E-state index contributed by atoms with van der Waals surface area (Å²) in [6, 6.07) is 7.63. The summed E-state index contributed by atoms with van der Waals surface area (Å²) < 4.78 is 0. The van der Waals surface area contributed by atoms with E-state index in [2.05, 4.69) is 15.6 Å². The van der Waals surface area contributed by atoms with Gasteiger partial charge in [0, 0.05) is 0 Å². The molecule has 2 amide bonds. The summed E-state index contributed by atoms with van der Waals surface area (Å²) in [5, 5.41) is 15.4. The van der Waals surface area contributed by atoms with Gasteiger partial charge in [0.15, 0.2) is 5.69 Å². The molecule has 0 unspecified atom stereocenters. The molecule has 3 N–H and O–H groups in total. The van der Waals surface area contributed by atoms with Gasteiger partial charge in [-0.3, -0.25) is 9.59 Å². The number of hydrogen-bond donors (Lipinski definition) is 3. The van der Waals surface area contributed by atoms with Crippen LogP contribution in [0.15, 0.2) is 35.7 Å². The SMILES string of the molecule is O=C(CNC(=O)c1cccs1)Nc1cccc(C(=O)O)n1. The lowest BCUT2D eigenvalue weighted by Gasteiger charge is -2.06. The molecule has 8 heteroatoms. The van der Waals surface area contributed by atoms with Gasteiger partial charge in [-0.25, -0.2) is 9.78 Å². The fourth-order valence-electron chi connectivity index (χ4n) is 1.47. The molecule has 7 nitrogen and oxygen atoms in total. The molecule has 0 radical (unpaired) electrons. The summed E-state index contributed by atoms with van der Waals surface area (Å²) in [5.41, 5.74) is -0.171. The molecule has 2 heterocycles. The van der Waals surface area contributed by atoms with Gasteiger partial charge in [-0.15, -0.1) is 11.3 Å². The van der Waals surface area contributed by atoms with Crippen molar-refractivity contribution in [3.8, 4) is 0 Å². The molecule has 0 aliphatic heterocycles. The van der Waals surface area contributed by atoms with Crippen LogP contribution in [0.3, 0.4) is 0 Å². The molecule has 0 atom stereocenters. The zero-order chi connectivity index (χ0) is 15.2. The third-order valence-corrected chi connectivity index (χ3v) is 3.26. The number of aromatic nitrogens is 1. The molecule has 0 aliphatic rings. The Bertz CT molecular complexity index is 670. The number of pyridine rings is 1. The molecule has 0 fully saturated rings. The maximum absolute atomic E-state index is 11.7. The fraction of sp³-hybridized carbons (Fsp3) is 0.0769. The van der Waals surface area contributed by atoms with E-state index in [1.54, 1.807) is 17.5 Å². The Morgan fingerprint density at radius 2 is 2.00 bits per heavy atom. The van der Waals surface area contributed by atoms with Crippen molar-refractivity contribution < 1.29 is 19.5 Å².